The number of para-hydroxylation sites is 1. The van der Waals surface area contributed by atoms with Crippen molar-refractivity contribution in [2.45, 2.75) is 0 Å². The fraction of sp³-hybridized carbons (Fsp3) is 0.111. The fourth-order valence-corrected chi connectivity index (χ4v) is 2.70. The monoisotopic (exact) mass is 324 g/mol. The first-order chi connectivity index (χ1) is 11.5. The highest BCUT2D eigenvalue weighted by Crippen LogP contribution is 2.38. The molecule has 0 fully saturated rings. The zero-order valence-corrected chi connectivity index (χ0v) is 13.4. The van der Waals surface area contributed by atoms with Crippen LogP contribution in [0.5, 0.6) is 0 Å². The topological polar surface area (TPSA) is 59.4 Å². The van der Waals surface area contributed by atoms with E-state index in [4.69, 9.17) is 5.41 Å². The molecular formula is C18H17FN4O. The first-order valence-electron chi connectivity index (χ1n) is 7.43. The van der Waals surface area contributed by atoms with Crippen LogP contribution in [0.1, 0.15) is 0 Å². The molecule has 1 aliphatic heterocycles. The zero-order chi connectivity index (χ0) is 17.3. The first kappa shape index (κ1) is 15.7. The number of amidine groups is 1. The van der Waals surface area contributed by atoms with Crippen LogP contribution in [0.2, 0.25) is 0 Å². The third kappa shape index (κ3) is 2.52. The van der Waals surface area contributed by atoms with Gasteiger partial charge in [0.05, 0.1) is 16.9 Å². The molecule has 2 aromatic carbocycles. The van der Waals surface area contributed by atoms with E-state index in [0.717, 1.165) is 0 Å². The van der Waals surface area contributed by atoms with Crippen molar-refractivity contribution < 1.29 is 9.18 Å². The van der Waals surface area contributed by atoms with Crippen LogP contribution in [-0.4, -0.2) is 25.8 Å². The molecule has 0 radical (unpaired) electrons. The Labute approximate surface area is 139 Å². The van der Waals surface area contributed by atoms with Gasteiger partial charge in [-0.2, -0.15) is 0 Å². The number of hydrogen-bond acceptors (Lipinski definition) is 3. The van der Waals surface area contributed by atoms with Gasteiger partial charge < -0.3 is 10.2 Å². The maximum absolute atomic E-state index is 13.9. The molecule has 0 spiro atoms. The van der Waals surface area contributed by atoms with Gasteiger partial charge in [-0.1, -0.05) is 18.2 Å². The van der Waals surface area contributed by atoms with Crippen LogP contribution >= 0.6 is 0 Å². The summed E-state index contributed by atoms with van der Waals surface area (Å²) >= 11 is 0. The number of carbonyl (C=O) groups is 1. The van der Waals surface area contributed by atoms with E-state index in [-0.39, 0.29) is 11.4 Å². The summed E-state index contributed by atoms with van der Waals surface area (Å²) in [4.78, 5) is 16.1. The predicted octanol–water partition coefficient (Wildman–Crippen LogP) is 3.02. The molecule has 2 N–H and O–H groups in total. The summed E-state index contributed by atoms with van der Waals surface area (Å²) in [7, 11) is 3.35. The lowest BCUT2D eigenvalue weighted by Gasteiger charge is -2.24. The lowest BCUT2D eigenvalue weighted by molar-refractivity contribution is -0.114. The van der Waals surface area contributed by atoms with Gasteiger partial charge in [0.1, 0.15) is 11.7 Å². The van der Waals surface area contributed by atoms with Gasteiger partial charge in [-0.15, -0.1) is 0 Å². The van der Waals surface area contributed by atoms with Crippen LogP contribution in [0, 0.1) is 11.2 Å². The number of halogens is 1. The number of likely N-dealkylation sites (N-methyl/N-ethyl adjacent to an activating group) is 1. The molecular weight excluding hydrogens is 307 g/mol. The van der Waals surface area contributed by atoms with E-state index in [1.807, 2.05) is 18.2 Å². The Kier molecular flexibility index (Phi) is 4.04. The number of fused-ring (bicyclic) bond motifs is 1. The molecule has 24 heavy (non-hydrogen) atoms. The number of benzene rings is 2. The van der Waals surface area contributed by atoms with Crippen molar-refractivity contribution in [3.8, 4) is 0 Å². The van der Waals surface area contributed by atoms with Crippen LogP contribution < -0.4 is 15.1 Å². The average molecular weight is 324 g/mol. The van der Waals surface area contributed by atoms with Crippen LogP contribution in [-0.2, 0) is 4.79 Å². The fourth-order valence-electron chi connectivity index (χ4n) is 2.70. The molecule has 0 bridgehead atoms. The number of rotatable bonds is 2. The summed E-state index contributed by atoms with van der Waals surface area (Å²) in [6, 6.07) is 13.2. The molecule has 0 unspecified atom stereocenters. The Balaban J connectivity index is 2.30. The highest BCUT2D eigenvalue weighted by atomic mass is 19.1. The van der Waals surface area contributed by atoms with Crippen molar-refractivity contribution in [1.29, 1.82) is 5.41 Å². The minimum atomic E-state index is -0.441. The molecule has 3 rings (SSSR count). The molecule has 5 nitrogen and oxygen atoms in total. The highest BCUT2D eigenvalue weighted by Gasteiger charge is 2.33. The molecule has 0 saturated carbocycles. The molecule has 0 aliphatic carbocycles. The molecule has 0 saturated heterocycles. The highest BCUT2D eigenvalue weighted by molar-refractivity contribution is 6.33. The second kappa shape index (κ2) is 6.16. The number of carbonyl (C=O) groups excluding carboxylic acids is 1. The number of nitrogens with zero attached hydrogens (tertiary/aromatic N) is 2. The van der Waals surface area contributed by atoms with E-state index in [0.29, 0.717) is 17.1 Å². The van der Waals surface area contributed by atoms with Gasteiger partial charge in [0.15, 0.2) is 0 Å². The summed E-state index contributed by atoms with van der Waals surface area (Å²) in [6.45, 7) is 0. The maximum Gasteiger partial charge on any atom is 0.268 e. The Hall–Kier alpha value is -3.15. The second-order valence-corrected chi connectivity index (χ2v) is 5.36. The van der Waals surface area contributed by atoms with Gasteiger partial charge in [0.2, 0.25) is 0 Å². The van der Waals surface area contributed by atoms with Gasteiger partial charge in [0, 0.05) is 32.0 Å². The summed E-state index contributed by atoms with van der Waals surface area (Å²) in [5, 5.41) is 11.1. The Bertz CT molecular complexity index is 832. The van der Waals surface area contributed by atoms with E-state index in [1.54, 1.807) is 37.2 Å². The van der Waals surface area contributed by atoms with E-state index >= 15 is 0 Å². The smallest absolute Gasteiger partial charge is 0.268 e. The van der Waals surface area contributed by atoms with Crippen molar-refractivity contribution in [2.75, 3.05) is 23.9 Å². The van der Waals surface area contributed by atoms with Gasteiger partial charge in [-0.25, -0.2) is 4.39 Å². The number of nitrogens with one attached hydrogen (secondary N) is 2. The molecule has 0 atom stereocenters. The Morgan fingerprint density at radius 1 is 1.12 bits per heavy atom. The molecule has 1 amide bonds. The quantitative estimate of drug-likeness (QED) is 0.835. The van der Waals surface area contributed by atoms with E-state index in [1.165, 1.54) is 23.2 Å². The molecule has 6 heteroatoms. The van der Waals surface area contributed by atoms with Crippen molar-refractivity contribution >= 4 is 28.8 Å². The average Bonchev–Trinajstić information content (AvgIpc) is 2.66. The van der Waals surface area contributed by atoms with Crippen LogP contribution in [0.25, 0.3) is 0 Å². The lowest BCUT2D eigenvalue weighted by Crippen LogP contribution is -2.32. The second-order valence-electron chi connectivity index (χ2n) is 5.36. The number of hydrogen-bond donors (Lipinski definition) is 2. The first-order valence-corrected chi connectivity index (χ1v) is 7.43. The summed E-state index contributed by atoms with van der Waals surface area (Å²) < 4.78 is 13.9. The number of anilines is 3. The summed E-state index contributed by atoms with van der Waals surface area (Å²) in [5.41, 5.74) is 1.79. The minimum Gasteiger partial charge on any atom is -0.393 e. The largest absolute Gasteiger partial charge is 0.393 e. The lowest BCUT2D eigenvalue weighted by atomic mass is 10.2. The van der Waals surface area contributed by atoms with Gasteiger partial charge in [-0.05, 0) is 24.3 Å². The minimum absolute atomic E-state index is 0.0423. The Morgan fingerprint density at radius 2 is 1.83 bits per heavy atom. The van der Waals surface area contributed by atoms with Crippen LogP contribution in [0.15, 0.2) is 60.3 Å². The van der Waals surface area contributed by atoms with E-state index < -0.39 is 11.7 Å². The van der Waals surface area contributed by atoms with Gasteiger partial charge in [-0.3, -0.25) is 15.1 Å². The van der Waals surface area contributed by atoms with Crippen molar-refractivity contribution in [3.05, 3.63) is 66.1 Å². The molecule has 0 aromatic heterocycles. The Morgan fingerprint density at radius 3 is 2.50 bits per heavy atom. The van der Waals surface area contributed by atoms with E-state index in [9.17, 15) is 9.18 Å². The van der Waals surface area contributed by atoms with Crippen molar-refractivity contribution in [2.24, 2.45) is 0 Å². The third-order valence-corrected chi connectivity index (χ3v) is 3.87. The SMILES string of the molecule is CN/C=C1\C(=N)N(C)c2ccc(F)cc2N(c2ccccc2)C1=O. The van der Waals surface area contributed by atoms with Crippen molar-refractivity contribution in [1.82, 2.24) is 5.32 Å². The molecule has 1 heterocycles. The third-order valence-electron chi connectivity index (χ3n) is 3.87. The van der Waals surface area contributed by atoms with E-state index in [2.05, 4.69) is 5.32 Å². The summed E-state index contributed by atoms with van der Waals surface area (Å²) in [6.07, 6.45) is 1.49. The predicted molar refractivity (Wildman–Crippen MR) is 93.3 cm³/mol. The normalized spacial score (nSPS) is 16.2. The maximum atomic E-state index is 13.9. The van der Waals surface area contributed by atoms with Crippen molar-refractivity contribution in [3.63, 3.8) is 0 Å². The molecule has 122 valence electrons. The molecule has 1 aliphatic rings. The van der Waals surface area contributed by atoms with Gasteiger partial charge >= 0.3 is 0 Å². The van der Waals surface area contributed by atoms with Crippen LogP contribution in [0.3, 0.4) is 0 Å². The summed E-state index contributed by atoms with van der Waals surface area (Å²) in [5.74, 6) is -0.791. The molecule has 2 aromatic rings. The van der Waals surface area contributed by atoms with Gasteiger partial charge in [0.25, 0.3) is 5.91 Å². The standard InChI is InChI=1S/C18H17FN4O/c1-21-11-14-17(20)22(2)15-9-8-12(19)10-16(15)23(18(14)24)13-6-4-3-5-7-13/h3-11,20-21H,1-2H3/b14-11+,20-17?. The zero-order valence-electron chi connectivity index (χ0n) is 13.4. The number of amides is 1. The van der Waals surface area contributed by atoms with Crippen LogP contribution in [0.4, 0.5) is 21.5 Å².